The predicted molar refractivity (Wildman–Crippen MR) is 72.9 cm³/mol. The predicted octanol–water partition coefficient (Wildman–Crippen LogP) is 1.31. The zero-order chi connectivity index (χ0) is 15.6. The first-order chi connectivity index (χ1) is 9.22. The Morgan fingerprint density at radius 2 is 1.60 bits per heavy atom. The van der Waals surface area contributed by atoms with Crippen LogP contribution in [-0.2, 0) is 9.53 Å². The quantitative estimate of drug-likeness (QED) is 0.726. The Labute approximate surface area is 117 Å². The van der Waals surface area contributed by atoms with Crippen LogP contribution in [0.3, 0.4) is 0 Å². The first kappa shape index (κ1) is 15.8. The largest absolute Gasteiger partial charge is 0.507 e. The van der Waals surface area contributed by atoms with Gasteiger partial charge in [0, 0.05) is 5.56 Å². The number of benzene rings is 1. The first-order valence-electron chi connectivity index (χ1n) is 6.12. The molecule has 6 heteroatoms. The second-order valence-corrected chi connectivity index (χ2v) is 4.67. The number of amides is 1. The van der Waals surface area contributed by atoms with Crippen LogP contribution in [0.15, 0.2) is 0 Å². The smallest absolute Gasteiger partial charge is 0.328 e. The Hall–Kier alpha value is -2.24. The van der Waals surface area contributed by atoms with Crippen LogP contribution in [0, 0.1) is 20.8 Å². The fraction of sp³-hybridized carbons (Fsp3) is 0.429. The van der Waals surface area contributed by atoms with Crippen molar-refractivity contribution in [2.24, 2.45) is 0 Å². The van der Waals surface area contributed by atoms with Crippen molar-refractivity contribution in [1.29, 1.82) is 0 Å². The molecule has 0 unspecified atom stereocenters. The maximum atomic E-state index is 12.2. The average Bonchev–Trinajstić information content (AvgIpc) is 2.42. The van der Waals surface area contributed by atoms with Crippen molar-refractivity contribution in [2.45, 2.75) is 33.7 Å². The van der Waals surface area contributed by atoms with Crippen molar-refractivity contribution in [1.82, 2.24) is 5.32 Å². The minimum Gasteiger partial charge on any atom is -0.507 e. The van der Waals surface area contributed by atoms with E-state index in [1.807, 2.05) is 0 Å². The molecular weight excluding hydrogens is 262 g/mol. The molecule has 1 aromatic rings. The van der Waals surface area contributed by atoms with Crippen LogP contribution in [0.25, 0.3) is 0 Å². The van der Waals surface area contributed by atoms with Crippen molar-refractivity contribution in [3.63, 3.8) is 0 Å². The third-order valence-corrected chi connectivity index (χ3v) is 3.37. The van der Waals surface area contributed by atoms with E-state index < -0.39 is 17.9 Å². The summed E-state index contributed by atoms with van der Waals surface area (Å²) in [6.45, 7) is 6.26. The minimum atomic E-state index is -0.833. The molecule has 0 aliphatic heterocycles. The van der Waals surface area contributed by atoms with Gasteiger partial charge in [-0.15, -0.1) is 0 Å². The molecule has 20 heavy (non-hydrogen) atoms. The third kappa shape index (κ3) is 2.68. The summed E-state index contributed by atoms with van der Waals surface area (Å²) in [6.07, 6.45) is 0. The Morgan fingerprint density at radius 3 is 2.10 bits per heavy atom. The highest BCUT2D eigenvalue weighted by Gasteiger charge is 2.24. The van der Waals surface area contributed by atoms with Crippen molar-refractivity contribution >= 4 is 11.9 Å². The molecule has 0 aromatic heterocycles. The molecule has 0 fully saturated rings. The van der Waals surface area contributed by atoms with E-state index in [1.165, 1.54) is 21.0 Å². The third-order valence-electron chi connectivity index (χ3n) is 3.37. The number of nitrogens with one attached hydrogen (secondary N) is 1. The molecule has 1 amide bonds. The van der Waals surface area contributed by atoms with Crippen LogP contribution in [0.1, 0.15) is 34.0 Å². The van der Waals surface area contributed by atoms with Crippen LogP contribution < -0.4 is 5.32 Å². The summed E-state index contributed by atoms with van der Waals surface area (Å²) < 4.78 is 4.52. The van der Waals surface area contributed by atoms with Crippen molar-refractivity contribution in [3.05, 3.63) is 22.3 Å². The highest BCUT2D eigenvalue weighted by Crippen LogP contribution is 2.36. The van der Waals surface area contributed by atoms with Crippen LogP contribution in [-0.4, -0.2) is 35.2 Å². The van der Waals surface area contributed by atoms with Gasteiger partial charge >= 0.3 is 5.97 Å². The molecule has 110 valence electrons. The topological polar surface area (TPSA) is 95.9 Å². The van der Waals surface area contributed by atoms with E-state index in [0.717, 1.165) is 0 Å². The summed E-state index contributed by atoms with van der Waals surface area (Å²) in [7, 11) is 1.22. The van der Waals surface area contributed by atoms with E-state index in [9.17, 15) is 19.8 Å². The number of rotatable bonds is 3. The van der Waals surface area contributed by atoms with Gasteiger partial charge in [0.25, 0.3) is 5.91 Å². The van der Waals surface area contributed by atoms with Gasteiger partial charge in [-0.3, -0.25) is 4.79 Å². The zero-order valence-electron chi connectivity index (χ0n) is 12.2. The lowest BCUT2D eigenvalue weighted by Crippen LogP contribution is -2.39. The molecule has 3 N–H and O–H groups in total. The second-order valence-electron chi connectivity index (χ2n) is 4.67. The van der Waals surface area contributed by atoms with Gasteiger partial charge in [0.2, 0.25) is 0 Å². The summed E-state index contributed by atoms with van der Waals surface area (Å²) in [5.41, 5.74) is 1.24. The highest BCUT2D eigenvalue weighted by atomic mass is 16.5. The Kier molecular flexibility index (Phi) is 4.60. The van der Waals surface area contributed by atoms with Crippen LogP contribution in [0.5, 0.6) is 11.5 Å². The molecular formula is C14H19NO5. The summed E-state index contributed by atoms with van der Waals surface area (Å²) in [5.74, 6) is -1.51. The van der Waals surface area contributed by atoms with Gasteiger partial charge in [-0.1, -0.05) is 0 Å². The Balaban J connectivity index is 3.21. The molecule has 0 aliphatic carbocycles. The molecule has 0 heterocycles. The normalized spacial score (nSPS) is 11.8. The van der Waals surface area contributed by atoms with Gasteiger partial charge in [-0.25, -0.2) is 4.79 Å². The van der Waals surface area contributed by atoms with Crippen molar-refractivity contribution in [2.75, 3.05) is 7.11 Å². The molecule has 0 aliphatic rings. The van der Waals surface area contributed by atoms with E-state index >= 15 is 0 Å². The molecule has 1 aromatic carbocycles. The Morgan fingerprint density at radius 1 is 1.05 bits per heavy atom. The van der Waals surface area contributed by atoms with Gasteiger partial charge < -0.3 is 20.3 Å². The zero-order valence-corrected chi connectivity index (χ0v) is 12.2. The standard InChI is InChI=1S/C14H19NO5/c1-6-7(2)11(16)8(3)12(17)10(6)13(18)15-9(4)14(19)20-5/h9,16-17H,1-5H3,(H,15,18)/t9-/m0/s1. The highest BCUT2D eigenvalue weighted by molar-refractivity contribution is 6.01. The van der Waals surface area contributed by atoms with Gasteiger partial charge in [0.1, 0.15) is 17.5 Å². The van der Waals surface area contributed by atoms with Gasteiger partial charge in [0.15, 0.2) is 0 Å². The number of ether oxygens (including phenoxy) is 1. The molecule has 0 saturated heterocycles. The number of phenols is 2. The second kappa shape index (κ2) is 5.81. The number of aromatic hydroxyl groups is 2. The maximum absolute atomic E-state index is 12.2. The average molecular weight is 281 g/mol. The molecule has 0 spiro atoms. The minimum absolute atomic E-state index is 0.0439. The fourth-order valence-corrected chi connectivity index (χ4v) is 1.91. The van der Waals surface area contributed by atoms with Gasteiger partial charge in [0.05, 0.1) is 12.7 Å². The van der Waals surface area contributed by atoms with Crippen LogP contribution in [0.2, 0.25) is 0 Å². The summed E-state index contributed by atoms with van der Waals surface area (Å²) in [5, 5.41) is 22.3. The molecule has 6 nitrogen and oxygen atoms in total. The lowest BCUT2D eigenvalue weighted by molar-refractivity contribution is -0.142. The van der Waals surface area contributed by atoms with E-state index in [-0.39, 0.29) is 22.6 Å². The van der Waals surface area contributed by atoms with Crippen LogP contribution in [0.4, 0.5) is 0 Å². The van der Waals surface area contributed by atoms with Crippen molar-refractivity contribution in [3.8, 4) is 11.5 Å². The van der Waals surface area contributed by atoms with E-state index in [2.05, 4.69) is 10.1 Å². The monoisotopic (exact) mass is 281 g/mol. The van der Waals surface area contributed by atoms with Crippen molar-refractivity contribution < 1.29 is 24.5 Å². The molecule has 0 radical (unpaired) electrons. The lowest BCUT2D eigenvalue weighted by atomic mass is 9.96. The fourth-order valence-electron chi connectivity index (χ4n) is 1.91. The van der Waals surface area contributed by atoms with Gasteiger partial charge in [-0.2, -0.15) is 0 Å². The lowest BCUT2D eigenvalue weighted by Gasteiger charge is -2.17. The number of methoxy groups -OCH3 is 1. The maximum Gasteiger partial charge on any atom is 0.328 e. The Bertz CT molecular complexity index is 536. The SMILES string of the molecule is COC(=O)[C@H](C)NC(=O)c1c(C)c(C)c(O)c(C)c1O. The number of carbonyl (C=O) groups excluding carboxylic acids is 2. The van der Waals surface area contributed by atoms with E-state index in [4.69, 9.17) is 0 Å². The number of hydrogen-bond acceptors (Lipinski definition) is 5. The number of esters is 1. The number of phenolic OH excluding ortho intramolecular Hbond substituents is 2. The van der Waals surface area contributed by atoms with E-state index in [1.54, 1.807) is 13.8 Å². The molecule has 1 rings (SSSR count). The van der Waals surface area contributed by atoms with E-state index in [0.29, 0.717) is 11.1 Å². The molecule has 0 saturated carbocycles. The summed E-state index contributed by atoms with van der Waals surface area (Å²) >= 11 is 0. The molecule has 0 bridgehead atoms. The summed E-state index contributed by atoms with van der Waals surface area (Å²) in [6, 6.07) is -0.833. The van der Waals surface area contributed by atoms with Crippen LogP contribution >= 0.6 is 0 Å². The summed E-state index contributed by atoms with van der Waals surface area (Å²) in [4.78, 5) is 23.5. The molecule has 1 atom stereocenters. The van der Waals surface area contributed by atoms with Gasteiger partial charge in [-0.05, 0) is 38.8 Å². The number of hydrogen-bond donors (Lipinski definition) is 3. The number of carbonyl (C=O) groups is 2. The first-order valence-corrected chi connectivity index (χ1v) is 6.12.